The summed E-state index contributed by atoms with van der Waals surface area (Å²) >= 11 is 0. The minimum atomic E-state index is -0.486. The van der Waals surface area contributed by atoms with Crippen LogP contribution in [-0.4, -0.2) is 39.9 Å². The molecule has 2 heterocycles. The topological polar surface area (TPSA) is 77.7 Å². The number of piperidine rings is 1. The van der Waals surface area contributed by atoms with E-state index in [9.17, 15) is 4.79 Å². The summed E-state index contributed by atoms with van der Waals surface area (Å²) in [7, 11) is 0. The molecule has 0 atom stereocenters. The fraction of sp³-hybridized carbons (Fsp3) is 0.450. The Labute approximate surface area is 159 Å². The first kappa shape index (κ1) is 18.9. The van der Waals surface area contributed by atoms with Crippen LogP contribution < -0.4 is 4.74 Å². The smallest absolute Gasteiger partial charge is 0.419 e. The maximum absolute atomic E-state index is 12.1. The average Bonchev–Trinajstić information content (AvgIpc) is 3.10. The highest BCUT2D eigenvalue weighted by molar-refractivity contribution is 5.68. The van der Waals surface area contributed by atoms with Crippen LogP contribution in [0.2, 0.25) is 0 Å². The van der Waals surface area contributed by atoms with E-state index in [2.05, 4.69) is 10.2 Å². The van der Waals surface area contributed by atoms with Crippen LogP contribution in [0.15, 0.2) is 41.0 Å². The number of amides is 1. The van der Waals surface area contributed by atoms with Crippen LogP contribution in [0.3, 0.4) is 0 Å². The van der Waals surface area contributed by atoms with E-state index in [0.717, 1.165) is 18.4 Å². The molecule has 1 aromatic heterocycles. The first-order valence-electron chi connectivity index (χ1n) is 9.10. The third-order valence-corrected chi connectivity index (χ3v) is 4.15. The molecule has 1 amide bonds. The van der Waals surface area contributed by atoms with Gasteiger partial charge in [0.05, 0.1) is 6.26 Å². The molecule has 1 aliphatic heterocycles. The maximum atomic E-state index is 12.1. The summed E-state index contributed by atoms with van der Waals surface area (Å²) in [4.78, 5) is 13.8. The van der Waals surface area contributed by atoms with Crippen molar-refractivity contribution < 1.29 is 18.7 Å². The lowest BCUT2D eigenvalue weighted by atomic mass is 9.97. The van der Waals surface area contributed by atoms with Gasteiger partial charge in [-0.05, 0) is 45.3 Å². The number of aromatic nitrogens is 2. The van der Waals surface area contributed by atoms with Crippen molar-refractivity contribution in [2.45, 2.75) is 45.1 Å². The van der Waals surface area contributed by atoms with Crippen molar-refractivity contribution in [2.75, 3.05) is 13.1 Å². The van der Waals surface area contributed by atoms with E-state index in [-0.39, 0.29) is 18.1 Å². The Morgan fingerprint density at radius 3 is 2.56 bits per heavy atom. The molecular weight excluding hydrogens is 346 g/mol. The summed E-state index contributed by atoms with van der Waals surface area (Å²) in [6.07, 6.45) is 4.69. The Bertz CT molecular complexity index is 772. The van der Waals surface area contributed by atoms with Gasteiger partial charge in [0.15, 0.2) is 0 Å². The van der Waals surface area contributed by atoms with Crippen LogP contribution >= 0.6 is 0 Å². The van der Waals surface area contributed by atoms with Crippen LogP contribution in [0.4, 0.5) is 4.79 Å². The zero-order valence-electron chi connectivity index (χ0n) is 15.9. The molecule has 0 spiro atoms. The lowest BCUT2D eigenvalue weighted by molar-refractivity contribution is 0.0198. The molecule has 0 radical (unpaired) electrons. The van der Waals surface area contributed by atoms with Crippen molar-refractivity contribution in [3.63, 3.8) is 0 Å². The second kappa shape index (κ2) is 8.24. The zero-order chi connectivity index (χ0) is 19.3. The SMILES string of the molecule is CC(C)(C)OC(=O)N1CCC(c2nnc(O/C=C/c3ccccc3)o2)CC1. The summed E-state index contributed by atoms with van der Waals surface area (Å²) < 4.78 is 16.4. The number of likely N-dealkylation sites (tertiary alicyclic amines) is 1. The largest absolute Gasteiger partial charge is 0.444 e. The summed E-state index contributed by atoms with van der Waals surface area (Å²) in [5, 5.41) is 8.01. The molecule has 7 nitrogen and oxygen atoms in total. The molecule has 144 valence electrons. The van der Waals surface area contributed by atoms with Gasteiger partial charge in [-0.25, -0.2) is 4.79 Å². The van der Waals surface area contributed by atoms with Crippen molar-refractivity contribution in [1.29, 1.82) is 0 Å². The molecule has 0 saturated carbocycles. The van der Waals surface area contributed by atoms with Gasteiger partial charge in [0, 0.05) is 19.0 Å². The minimum Gasteiger partial charge on any atom is -0.444 e. The van der Waals surface area contributed by atoms with Crippen LogP contribution in [0.1, 0.15) is 51.0 Å². The summed E-state index contributed by atoms with van der Waals surface area (Å²) in [6.45, 7) is 6.80. The van der Waals surface area contributed by atoms with E-state index in [1.807, 2.05) is 57.2 Å². The predicted octanol–water partition coefficient (Wildman–Crippen LogP) is 4.23. The second-order valence-corrected chi connectivity index (χ2v) is 7.48. The number of ether oxygens (including phenoxy) is 2. The van der Waals surface area contributed by atoms with Crippen LogP contribution in [0.25, 0.3) is 6.08 Å². The second-order valence-electron chi connectivity index (χ2n) is 7.48. The normalized spacial score (nSPS) is 15.9. The number of nitrogens with zero attached hydrogens (tertiary/aromatic N) is 3. The number of hydrogen-bond donors (Lipinski definition) is 0. The first-order valence-corrected chi connectivity index (χ1v) is 9.10. The molecule has 27 heavy (non-hydrogen) atoms. The first-order chi connectivity index (χ1) is 12.9. The van der Waals surface area contributed by atoms with Crippen LogP contribution in [-0.2, 0) is 4.74 Å². The molecule has 1 aromatic carbocycles. The fourth-order valence-electron chi connectivity index (χ4n) is 2.80. The number of carbonyl (C=O) groups is 1. The van der Waals surface area contributed by atoms with Gasteiger partial charge in [-0.15, -0.1) is 5.10 Å². The molecule has 0 unspecified atom stereocenters. The van der Waals surface area contributed by atoms with Gasteiger partial charge in [-0.2, -0.15) is 0 Å². The minimum absolute atomic E-state index is 0.117. The zero-order valence-corrected chi connectivity index (χ0v) is 15.9. The monoisotopic (exact) mass is 371 g/mol. The van der Waals surface area contributed by atoms with Gasteiger partial charge in [-0.1, -0.05) is 35.4 Å². The van der Waals surface area contributed by atoms with Gasteiger partial charge < -0.3 is 18.8 Å². The average molecular weight is 371 g/mol. The fourth-order valence-corrected chi connectivity index (χ4v) is 2.80. The van der Waals surface area contributed by atoms with Crippen molar-refractivity contribution in [3.05, 3.63) is 48.0 Å². The van der Waals surface area contributed by atoms with E-state index < -0.39 is 5.60 Å². The Hall–Kier alpha value is -2.83. The number of carbonyl (C=O) groups excluding carboxylic acids is 1. The molecule has 1 saturated heterocycles. The number of rotatable bonds is 4. The highest BCUT2D eigenvalue weighted by Gasteiger charge is 2.30. The maximum Gasteiger partial charge on any atom is 0.419 e. The highest BCUT2D eigenvalue weighted by atomic mass is 16.6. The summed E-state index contributed by atoms with van der Waals surface area (Å²) in [6, 6.07) is 9.80. The Kier molecular flexibility index (Phi) is 5.78. The predicted molar refractivity (Wildman–Crippen MR) is 100 cm³/mol. The third kappa shape index (κ3) is 5.57. The van der Waals surface area contributed by atoms with Gasteiger partial charge in [0.1, 0.15) is 5.60 Å². The van der Waals surface area contributed by atoms with Crippen LogP contribution in [0.5, 0.6) is 6.08 Å². The molecule has 3 rings (SSSR count). The standard InChI is InChI=1S/C20H25N3O4/c1-20(2,3)27-19(24)23-12-9-16(10-13-23)17-21-22-18(26-17)25-14-11-15-7-5-4-6-8-15/h4-8,11,14,16H,9-10,12-13H2,1-3H3/b14-11+. The van der Waals surface area contributed by atoms with Gasteiger partial charge in [-0.3, -0.25) is 0 Å². The third-order valence-electron chi connectivity index (χ3n) is 4.15. The van der Waals surface area contributed by atoms with Crippen molar-refractivity contribution in [2.24, 2.45) is 0 Å². The number of benzene rings is 1. The van der Waals surface area contributed by atoms with Gasteiger partial charge in [0.25, 0.3) is 0 Å². The van der Waals surface area contributed by atoms with E-state index >= 15 is 0 Å². The number of hydrogen-bond acceptors (Lipinski definition) is 6. The van der Waals surface area contributed by atoms with Gasteiger partial charge >= 0.3 is 12.2 Å². The van der Waals surface area contributed by atoms with E-state index in [4.69, 9.17) is 13.9 Å². The molecule has 0 aliphatic carbocycles. The summed E-state index contributed by atoms with van der Waals surface area (Å²) in [5.41, 5.74) is 0.534. The van der Waals surface area contributed by atoms with E-state index in [1.165, 1.54) is 6.26 Å². The quantitative estimate of drug-likeness (QED) is 0.748. The molecule has 0 N–H and O–H groups in total. The van der Waals surface area contributed by atoms with Gasteiger partial charge in [0.2, 0.25) is 5.89 Å². The Morgan fingerprint density at radius 1 is 1.19 bits per heavy atom. The van der Waals surface area contributed by atoms with Crippen molar-refractivity contribution in [1.82, 2.24) is 15.1 Å². The molecule has 1 aliphatic rings. The summed E-state index contributed by atoms with van der Waals surface area (Å²) in [5.74, 6) is 0.661. The lowest BCUT2D eigenvalue weighted by Crippen LogP contribution is -2.41. The Balaban J connectivity index is 1.49. The van der Waals surface area contributed by atoms with E-state index in [1.54, 1.807) is 4.90 Å². The van der Waals surface area contributed by atoms with E-state index in [0.29, 0.717) is 19.0 Å². The molecule has 0 bridgehead atoms. The molecule has 7 heteroatoms. The molecule has 2 aromatic rings. The van der Waals surface area contributed by atoms with Crippen molar-refractivity contribution >= 4 is 12.2 Å². The van der Waals surface area contributed by atoms with Crippen LogP contribution in [0, 0.1) is 0 Å². The molecule has 1 fully saturated rings. The van der Waals surface area contributed by atoms with Crippen molar-refractivity contribution in [3.8, 4) is 6.08 Å². The highest BCUT2D eigenvalue weighted by Crippen LogP contribution is 2.29. The Morgan fingerprint density at radius 2 is 1.89 bits per heavy atom. The molecular formula is C20H25N3O4. The lowest BCUT2D eigenvalue weighted by Gasteiger charge is -2.32.